The Balaban J connectivity index is 2.34. The molecule has 17 heavy (non-hydrogen) atoms. The number of fused-ring (bicyclic) bond motifs is 3. The largest absolute Gasteiger partial charge is 0.370 e. The molecule has 1 aliphatic rings. The maximum absolute atomic E-state index is 5.81. The number of rotatable bonds is 1. The van der Waals surface area contributed by atoms with Crippen molar-refractivity contribution in [2.75, 3.05) is 5.32 Å². The van der Waals surface area contributed by atoms with Crippen molar-refractivity contribution in [3.05, 3.63) is 24.3 Å². The van der Waals surface area contributed by atoms with Crippen molar-refractivity contribution >= 4 is 22.9 Å². The average molecular weight is 229 g/mol. The van der Waals surface area contributed by atoms with E-state index in [2.05, 4.69) is 39.8 Å². The SMILES string of the molecule is CCC1(C)N=C(N)Nc2nc3ccccc3n21. The van der Waals surface area contributed by atoms with Crippen LogP contribution in [0, 0.1) is 0 Å². The lowest BCUT2D eigenvalue weighted by Gasteiger charge is -2.32. The van der Waals surface area contributed by atoms with Crippen LogP contribution >= 0.6 is 0 Å². The summed E-state index contributed by atoms with van der Waals surface area (Å²) in [6, 6.07) is 8.04. The minimum atomic E-state index is -0.360. The molecule has 0 amide bonds. The summed E-state index contributed by atoms with van der Waals surface area (Å²) >= 11 is 0. The molecule has 1 unspecified atom stereocenters. The van der Waals surface area contributed by atoms with Crippen LogP contribution < -0.4 is 11.1 Å². The molecule has 88 valence electrons. The van der Waals surface area contributed by atoms with Crippen LogP contribution in [0.15, 0.2) is 29.3 Å². The van der Waals surface area contributed by atoms with Gasteiger partial charge in [-0.2, -0.15) is 0 Å². The maximum Gasteiger partial charge on any atom is 0.212 e. The minimum Gasteiger partial charge on any atom is -0.370 e. The van der Waals surface area contributed by atoms with Crippen molar-refractivity contribution in [2.24, 2.45) is 10.7 Å². The highest BCUT2D eigenvalue weighted by atomic mass is 15.4. The number of guanidine groups is 1. The summed E-state index contributed by atoms with van der Waals surface area (Å²) in [4.78, 5) is 9.04. The van der Waals surface area contributed by atoms with Gasteiger partial charge in [0.05, 0.1) is 11.0 Å². The summed E-state index contributed by atoms with van der Waals surface area (Å²) in [5, 5.41) is 3.02. The number of aromatic nitrogens is 2. The van der Waals surface area contributed by atoms with E-state index in [1.54, 1.807) is 0 Å². The molecule has 2 aromatic rings. The molecule has 0 fully saturated rings. The third-order valence-corrected chi connectivity index (χ3v) is 3.31. The number of nitrogens with one attached hydrogen (secondary N) is 1. The number of para-hydroxylation sites is 2. The predicted octanol–water partition coefficient (Wildman–Crippen LogP) is 1.86. The van der Waals surface area contributed by atoms with E-state index in [0.29, 0.717) is 5.96 Å². The zero-order valence-electron chi connectivity index (χ0n) is 9.94. The van der Waals surface area contributed by atoms with Crippen molar-refractivity contribution < 1.29 is 0 Å². The van der Waals surface area contributed by atoms with Gasteiger partial charge in [-0.15, -0.1) is 0 Å². The molecule has 0 saturated heterocycles. The van der Waals surface area contributed by atoms with Crippen LogP contribution in [-0.4, -0.2) is 15.5 Å². The van der Waals surface area contributed by atoms with Gasteiger partial charge in [-0.3, -0.25) is 9.88 Å². The van der Waals surface area contributed by atoms with Crippen molar-refractivity contribution in [2.45, 2.75) is 25.9 Å². The first-order valence-corrected chi connectivity index (χ1v) is 5.74. The van der Waals surface area contributed by atoms with E-state index in [1.807, 2.05) is 18.2 Å². The molecule has 5 nitrogen and oxygen atoms in total. The molecule has 1 atom stereocenters. The van der Waals surface area contributed by atoms with Crippen molar-refractivity contribution in [1.29, 1.82) is 0 Å². The zero-order valence-corrected chi connectivity index (χ0v) is 9.94. The van der Waals surface area contributed by atoms with Crippen molar-refractivity contribution in [3.63, 3.8) is 0 Å². The summed E-state index contributed by atoms with van der Waals surface area (Å²) in [5.74, 6) is 1.19. The van der Waals surface area contributed by atoms with E-state index in [0.717, 1.165) is 23.4 Å². The number of anilines is 1. The molecule has 1 aromatic heterocycles. The minimum absolute atomic E-state index is 0.360. The smallest absolute Gasteiger partial charge is 0.212 e. The molecule has 5 heteroatoms. The fourth-order valence-electron chi connectivity index (χ4n) is 2.29. The van der Waals surface area contributed by atoms with Crippen LogP contribution in [0.5, 0.6) is 0 Å². The van der Waals surface area contributed by atoms with Crippen molar-refractivity contribution in [1.82, 2.24) is 9.55 Å². The number of hydrogen-bond donors (Lipinski definition) is 2. The Morgan fingerprint density at radius 2 is 2.18 bits per heavy atom. The molecule has 3 N–H and O–H groups in total. The van der Waals surface area contributed by atoms with E-state index in [9.17, 15) is 0 Å². The molecule has 2 heterocycles. The van der Waals surface area contributed by atoms with Gasteiger partial charge in [-0.05, 0) is 25.5 Å². The van der Waals surface area contributed by atoms with E-state index in [-0.39, 0.29) is 5.66 Å². The lowest BCUT2D eigenvalue weighted by atomic mass is 10.1. The highest BCUT2D eigenvalue weighted by Crippen LogP contribution is 2.34. The third kappa shape index (κ3) is 1.32. The highest BCUT2D eigenvalue weighted by Gasteiger charge is 2.32. The number of imidazole rings is 1. The summed E-state index contributed by atoms with van der Waals surface area (Å²) in [7, 11) is 0. The van der Waals surface area contributed by atoms with Gasteiger partial charge in [-0.1, -0.05) is 19.1 Å². The Morgan fingerprint density at radius 1 is 1.41 bits per heavy atom. The fraction of sp³-hybridized carbons (Fsp3) is 0.333. The zero-order chi connectivity index (χ0) is 12.0. The molecule has 1 aliphatic heterocycles. The molecule has 0 saturated carbocycles. The van der Waals surface area contributed by atoms with Crippen LogP contribution in [-0.2, 0) is 5.66 Å². The Morgan fingerprint density at radius 3 is 2.94 bits per heavy atom. The summed E-state index contributed by atoms with van der Waals surface area (Å²) in [6.45, 7) is 4.17. The Bertz CT molecular complexity index is 612. The number of nitrogens with zero attached hydrogens (tertiary/aromatic N) is 3. The average Bonchev–Trinajstić information content (AvgIpc) is 2.67. The highest BCUT2D eigenvalue weighted by molar-refractivity contribution is 5.94. The molecule has 3 rings (SSSR count). The van der Waals surface area contributed by atoms with Gasteiger partial charge in [0.1, 0.15) is 5.66 Å². The van der Waals surface area contributed by atoms with Gasteiger partial charge in [-0.25, -0.2) is 9.98 Å². The Kier molecular flexibility index (Phi) is 1.92. The van der Waals surface area contributed by atoms with Crippen LogP contribution in [0.1, 0.15) is 20.3 Å². The molecular weight excluding hydrogens is 214 g/mol. The molecule has 1 aromatic carbocycles. The first-order chi connectivity index (χ1) is 8.14. The summed E-state index contributed by atoms with van der Waals surface area (Å²) in [5.41, 5.74) is 7.48. The summed E-state index contributed by atoms with van der Waals surface area (Å²) < 4.78 is 2.11. The predicted molar refractivity (Wildman–Crippen MR) is 68.9 cm³/mol. The van der Waals surface area contributed by atoms with Crippen LogP contribution in [0.4, 0.5) is 5.95 Å². The van der Waals surface area contributed by atoms with Crippen LogP contribution in [0.25, 0.3) is 11.0 Å². The van der Waals surface area contributed by atoms with E-state index in [1.165, 1.54) is 0 Å². The van der Waals surface area contributed by atoms with Gasteiger partial charge in [0.25, 0.3) is 0 Å². The van der Waals surface area contributed by atoms with E-state index in [4.69, 9.17) is 5.73 Å². The van der Waals surface area contributed by atoms with E-state index >= 15 is 0 Å². The second kappa shape index (κ2) is 3.23. The first kappa shape index (κ1) is 10.1. The van der Waals surface area contributed by atoms with Gasteiger partial charge in [0.2, 0.25) is 5.95 Å². The van der Waals surface area contributed by atoms with Crippen molar-refractivity contribution in [3.8, 4) is 0 Å². The number of hydrogen-bond acceptors (Lipinski definition) is 4. The summed E-state index contributed by atoms with van der Waals surface area (Å²) in [6.07, 6.45) is 0.864. The van der Waals surface area contributed by atoms with Crippen LogP contribution in [0.3, 0.4) is 0 Å². The Hall–Kier alpha value is -2.04. The normalized spacial score (nSPS) is 23.1. The second-order valence-corrected chi connectivity index (χ2v) is 4.45. The standard InChI is InChI=1S/C12H15N5/c1-3-12(2)16-10(13)15-11-14-8-6-4-5-7-9(8)17(11)12/h4-7H,3H2,1-2H3,(H3,13,14,15,16). The topological polar surface area (TPSA) is 68.2 Å². The number of benzene rings is 1. The number of aliphatic imine (C=N–C) groups is 1. The fourth-order valence-corrected chi connectivity index (χ4v) is 2.29. The third-order valence-electron chi connectivity index (χ3n) is 3.31. The molecule has 0 spiro atoms. The van der Waals surface area contributed by atoms with Crippen LogP contribution in [0.2, 0.25) is 0 Å². The molecule has 0 bridgehead atoms. The lowest BCUT2D eigenvalue weighted by molar-refractivity contribution is 0.331. The monoisotopic (exact) mass is 229 g/mol. The van der Waals surface area contributed by atoms with E-state index < -0.39 is 0 Å². The molecular formula is C12H15N5. The van der Waals surface area contributed by atoms with Gasteiger partial charge < -0.3 is 5.73 Å². The van der Waals surface area contributed by atoms with Gasteiger partial charge in [0, 0.05) is 0 Å². The number of nitrogens with two attached hydrogens (primary N) is 1. The molecule has 0 aliphatic carbocycles. The van der Waals surface area contributed by atoms with Gasteiger partial charge >= 0.3 is 0 Å². The lowest BCUT2D eigenvalue weighted by Crippen LogP contribution is -2.39. The Labute approximate surface area is 99.4 Å². The quantitative estimate of drug-likeness (QED) is 0.784. The second-order valence-electron chi connectivity index (χ2n) is 4.45. The first-order valence-electron chi connectivity index (χ1n) is 5.74. The maximum atomic E-state index is 5.81. The molecule has 0 radical (unpaired) electrons. The van der Waals surface area contributed by atoms with Gasteiger partial charge in [0.15, 0.2) is 5.96 Å².